The third kappa shape index (κ3) is 4.53. The van der Waals surface area contributed by atoms with E-state index < -0.39 is 29.3 Å². The molecule has 0 amide bonds. The number of Topliss-reactive ketones (excluding diaryl/α,β-unsaturated/α-hetero) is 1. The lowest BCUT2D eigenvalue weighted by Gasteiger charge is -2.18. The molecular weight excluding hydrogens is 388 g/mol. The SMILES string of the molecule is Nc1cc(C(=O)C[C@@H](c2ccc(C(F)(F)F)cc2)c2ncccc2F)ccc1O. The Bertz CT molecular complexity index is 1030. The maximum absolute atomic E-state index is 14.4. The summed E-state index contributed by atoms with van der Waals surface area (Å²) >= 11 is 0. The van der Waals surface area contributed by atoms with Crippen LogP contribution < -0.4 is 5.73 Å². The summed E-state index contributed by atoms with van der Waals surface area (Å²) < 4.78 is 52.9. The average Bonchev–Trinajstić information content (AvgIpc) is 2.68. The van der Waals surface area contributed by atoms with E-state index in [1.807, 2.05) is 0 Å². The van der Waals surface area contributed by atoms with Gasteiger partial charge in [-0.05, 0) is 48.0 Å². The molecule has 0 saturated carbocycles. The van der Waals surface area contributed by atoms with Gasteiger partial charge < -0.3 is 10.8 Å². The fourth-order valence-electron chi connectivity index (χ4n) is 2.96. The zero-order valence-corrected chi connectivity index (χ0v) is 14.9. The van der Waals surface area contributed by atoms with Gasteiger partial charge in [0.05, 0.1) is 16.9 Å². The number of carbonyl (C=O) groups excluding carboxylic acids is 1. The third-order valence-electron chi connectivity index (χ3n) is 4.50. The van der Waals surface area contributed by atoms with Crippen molar-refractivity contribution in [3.8, 4) is 5.75 Å². The Labute approximate surface area is 163 Å². The first-order valence-electron chi connectivity index (χ1n) is 8.56. The number of pyridine rings is 1. The van der Waals surface area contributed by atoms with Crippen LogP contribution in [0.5, 0.6) is 5.75 Å². The van der Waals surface area contributed by atoms with Crippen molar-refractivity contribution in [2.45, 2.75) is 18.5 Å². The lowest BCUT2D eigenvalue weighted by atomic mass is 9.87. The Morgan fingerprint density at radius 3 is 2.38 bits per heavy atom. The van der Waals surface area contributed by atoms with Gasteiger partial charge in [-0.2, -0.15) is 13.2 Å². The number of benzene rings is 2. The predicted octanol–water partition coefficient (Wildman–Crippen LogP) is 4.93. The molecule has 3 rings (SSSR count). The van der Waals surface area contributed by atoms with E-state index in [0.29, 0.717) is 5.56 Å². The number of carbonyl (C=O) groups is 1. The van der Waals surface area contributed by atoms with E-state index in [0.717, 1.165) is 12.1 Å². The fourth-order valence-corrected chi connectivity index (χ4v) is 2.96. The molecule has 3 N–H and O–H groups in total. The summed E-state index contributed by atoms with van der Waals surface area (Å²) in [5.41, 5.74) is 5.22. The van der Waals surface area contributed by atoms with Crippen LogP contribution >= 0.6 is 0 Å². The average molecular weight is 404 g/mol. The number of halogens is 4. The van der Waals surface area contributed by atoms with Crippen LogP contribution in [0.2, 0.25) is 0 Å². The highest BCUT2D eigenvalue weighted by molar-refractivity contribution is 5.98. The van der Waals surface area contributed by atoms with Gasteiger partial charge in [0.25, 0.3) is 0 Å². The van der Waals surface area contributed by atoms with Crippen molar-refractivity contribution >= 4 is 11.5 Å². The molecule has 0 unspecified atom stereocenters. The standard InChI is InChI=1S/C21H16F4N2O2/c22-16-2-1-9-27-20(16)15(12-3-6-14(7-4-12)21(23,24)25)11-19(29)13-5-8-18(28)17(26)10-13/h1-10,15,28H,11,26H2/t15-/m0/s1. The summed E-state index contributed by atoms with van der Waals surface area (Å²) in [5.74, 6) is -2.18. The fraction of sp³-hybridized carbons (Fsp3) is 0.143. The van der Waals surface area contributed by atoms with Gasteiger partial charge >= 0.3 is 6.18 Å². The second kappa shape index (κ2) is 7.90. The maximum atomic E-state index is 14.4. The predicted molar refractivity (Wildman–Crippen MR) is 98.9 cm³/mol. The molecule has 0 radical (unpaired) electrons. The van der Waals surface area contributed by atoms with Gasteiger partial charge in [0, 0.05) is 24.1 Å². The van der Waals surface area contributed by atoms with Crippen LogP contribution in [0.15, 0.2) is 60.8 Å². The number of hydrogen-bond acceptors (Lipinski definition) is 4. The number of hydrogen-bond donors (Lipinski definition) is 2. The van der Waals surface area contributed by atoms with Gasteiger partial charge in [-0.1, -0.05) is 12.1 Å². The van der Waals surface area contributed by atoms with E-state index in [2.05, 4.69) is 4.98 Å². The molecule has 2 aromatic carbocycles. The normalized spacial score (nSPS) is 12.6. The number of nitrogen functional groups attached to an aromatic ring is 1. The van der Waals surface area contributed by atoms with Crippen molar-refractivity contribution in [3.05, 3.63) is 89.0 Å². The number of phenolic OH excluding ortho intramolecular Hbond substituents is 1. The Morgan fingerprint density at radius 1 is 1.10 bits per heavy atom. The molecule has 0 aliphatic carbocycles. The maximum Gasteiger partial charge on any atom is 0.416 e. The van der Waals surface area contributed by atoms with E-state index in [-0.39, 0.29) is 29.1 Å². The minimum absolute atomic E-state index is 0.00551. The second-order valence-electron chi connectivity index (χ2n) is 6.44. The molecular formula is C21H16F4N2O2. The molecule has 0 fully saturated rings. The van der Waals surface area contributed by atoms with E-state index in [9.17, 15) is 27.5 Å². The molecule has 29 heavy (non-hydrogen) atoms. The van der Waals surface area contributed by atoms with Gasteiger partial charge in [0.15, 0.2) is 5.78 Å². The van der Waals surface area contributed by atoms with Gasteiger partial charge in [-0.25, -0.2) is 4.39 Å². The summed E-state index contributed by atoms with van der Waals surface area (Å²) in [6, 6.07) is 10.6. The zero-order valence-electron chi connectivity index (χ0n) is 14.9. The molecule has 0 saturated heterocycles. The molecule has 4 nitrogen and oxygen atoms in total. The minimum Gasteiger partial charge on any atom is -0.506 e. The van der Waals surface area contributed by atoms with Crippen LogP contribution in [0.1, 0.15) is 39.5 Å². The van der Waals surface area contributed by atoms with Crippen LogP contribution in [0.25, 0.3) is 0 Å². The summed E-state index contributed by atoms with van der Waals surface area (Å²) in [6.45, 7) is 0. The number of ketones is 1. The number of phenols is 1. The Morgan fingerprint density at radius 2 is 1.79 bits per heavy atom. The first-order valence-corrected chi connectivity index (χ1v) is 8.56. The van der Waals surface area contributed by atoms with Crippen LogP contribution in [0.3, 0.4) is 0 Å². The van der Waals surface area contributed by atoms with Crippen LogP contribution in [0.4, 0.5) is 23.2 Å². The van der Waals surface area contributed by atoms with E-state index in [4.69, 9.17) is 5.73 Å². The van der Waals surface area contributed by atoms with Crippen LogP contribution in [-0.2, 0) is 6.18 Å². The van der Waals surface area contributed by atoms with Crippen molar-refractivity contribution in [2.75, 3.05) is 5.73 Å². The molecule has 1 aromatic heterocycles. The summed E-state index contributed by atoms with van der Waals surface area (Å²) in [4.78, 5) is 16.7. The van der Waals surface area contributed by atoms with Crippen LogP contribution in [0, 0.1) is 5.82 Å². The summed E-state index contributed by atoms with van der Waals surface area (Å²) in [7, 11) is 0. The molecule has 3 aromatic rings. The highest BCUT2D eigenvalue weighted by Gasteiger charge is 2.31. The quantitative estimate of drug-likeness (QED) is 0.274. The topological polar surface area (TPSA) is 76.2 Å². The number of rotatable bonds is 5. The monoisotopic (exact) mass is 404 g/mol. The molecule has 0 bridgehead atoms. The number of aromatic nitrogens is 1. The van der Waals surface area contributed by atoms with Crippen molar-refractivity contribution in [2.24, 2.45) is 0 Å². The van der Waals surface area contributed by atoms with Gasteiger partial charge in [-0.3, -0.25) is 9.78 Å². The molecule has 1 heterocycles. The van der Waals surface area contributed by atoms with E-state index in [1.165, 1.54) is 48.7 Å². The first-order chi connectivity index (χ1) is 13.7. The second-order valence-corrected chi connectivity index (χ2v) is 6.44. The number of aromatic hydroxyl groups is 1. The lowest BCUT2D eigenvalue weighted by Crippen LogP contribution is -2.13. The van der Waals surface area contributed by atoms with Crippen molar-refractivity contribution in [1.82, 2.24) is 4.98 Å². The van der Waals surface area contributed by atoms with Crippen LogP contribution in [-0.4, -0.2) is 15.9 Å². The van der Waals surface area contributed by atoms with Gasteiger partial charge in [0.1, 0.15) is 11.6 Å². The first kappa shape index (κ1) is 20.3. The number of nitrogens with two attached hydrogens (primary N) is 1. The Balaban J connectivity index is 1.99. The molecule has 0 spiro atoms. The van der Waals surface area contributed by atoms with Gasteiger partial charge in [-0.15, -0.1) is 0 Å². The largest absolute Gasteiger partial charge is 0.506 e. The Kier molecular flexibility index (Phi) is 5.54. The van der Waals surface area contributed by atoms with E-state index >= 15 is 0 Å². The van der Waals surface area contributed by atoms with Gasteiger partial charge in [0.2, 0.25) is 0 Å². The number of nitrogens with zero attached hydrogens (tertiary/aromatic N) is 1. The molecule has 8 heteroatoms. The van der Waals surface area contributed by atoms with Crippen molar-refractivity contribution < 1.29 is 27.5 Å². The highest BCUT2D eigenvalue weighted by atomic mass is 19.4. The highest BCUT2D eigenvalue weighted by Crippen LogP contribution is 2.34. The molecule has 1 atom stereocenters. The third-order valence-corrected chi connectivity index (χ3v) is 4.50. The van der Waals surface area contributed by atoms with Crippen molar-refractivity contribution in [3.63, 3.8) is 0 Å². The number of alkyl halides is 3. The molecule has 150 valence electrons. The van der Waals surface area contributed by atoms with Crippen molar-refractivity contribution in [1.29, 1.82) is 0 Å². The minimum atomic E-state index is -4.51. The zero-order chi connectivity index (χ0) is 21.2. The lowest BCUT2D eigenvalue weighted by molar-refractivity contribution is -0.137. The summed E-state index contributed by atoms with van der Waals surface area (Å²) in [6.07, 6.45) is -3.41. The Hall–Kier alpha value is -3.42. The number of anilines is 1. The molecule has 0 aliphatic heterocycles. The van der Waals surface area contributed by atoms with E-state index in [1.54, 1.807) is 0 Å². The molecule has 0 aliphatic rings. The summed E-state index contributed by atoms with van der Waals surface area (Å²) in [5, 5.41) is 9.50. The smallest absolute Gasteiger partial charge is 0.416 e.